The quantitative estimate of drug-likeness (QED) is 0.391. The largest absolute Gasteiger partial charge is 0.490 e. The Morgan fingerprint density at radius 2 is 1.74 bits per heavy atom. The first-order valence-electron chi connectivity index (χ1n) is 10.0. The number of nitriles is 1. The molecule has 0 aliphatic rings. The number of anilines is 1. The molecule has 0 bridgehead atoms. The fourth-order valence-corrected chi connectivity index (χ4v) is 2.89. The Labute approximate surface area is 182 Å². The summed E-state index contributed by atoms with van der Waals surface area (Å²) in [5.74, 6) is 0.697. The molecule has 3 rings (SSSR count). The Morgan fingerprint density at radius 3 is 2.42 bits per heavy atom. The smallest absolute Gasteiger partial charge is 0.266 e. The van der Waals surface area contributed by atoms with E-state index in [-0.39, 0.29) is 5.57 Å². The van der Waals surface area contributed by atoms with Gasteiger partial charge in [-0.25, -0.2) is 0 Å². The van der Waals surface area contributed by atoms with E-state index in [9.17, 15) is 10.1 Å². The fourth-order valence-electron chi connectivity index (χ4n) is 2.89. The van der Waals surface area contributed by atoms with E-state index >= 15 is 0 Å². The van der Waals surface area contributed by atoms with Gasteiger partial charge in [0.15, 0.2) is 11.5 Å². The number of rotatable bonds is 8. The number of benzene rings is 3. The summed E-state index contributed by atoms with van der Waals surface area (Å²) in [4.78, 5) is 12.5. The maximum absolute atomic E-state index is 12.5. The molecule has 0 radical (unpaired) electrons. The summed E-state index contributed by atoms with van der Waals surface area (Å²) < 4.78 is 11.6. The molecule has 0 unspecified atom stereocenters. The lowest BCUT2D eigenvalue weighted by Gasteiger charge is -2.13. The van der Waals surface area contributed by atoms with E-state index in [1.54, 1.807) is 30.3 Å². The molecule has 0 heterocycles. The average Bonchev–Trinajstić information content (AvgIpc) is 2.79. The van der Waals surface area contributed by atoms with E-state index in [1.165, 1.54) is 6.08 Å². The Balaban J connectivity index is 1.77. The molecule has 0 aliphatic carbocycles. The molecule has 31 heavy (non-hydrogen) atoms. The number of aryl methyl sites for hydroxylation is 1. The van der Waals surface area contributed by atoms with Crippen molar-refractivity contribution in [1.29, 1.82) is 5.26 Å². The van der Waals surface area contributed by atoms with Crippen LogP contribution in [0.3, 0.4) is 0 Å². The van der Waals surface area contributed by atoms with Crippen LogP contribution in [0.5, 0.6) is 11.5 Å². The Kier molecular flexibility index (Phi) is 7.45. The van der Waals surface area contributed by atoms with Crippen molar-refractivity contribution in [2.45, 2.75) is 20.5 Å². The van der Waals surface area contributed by atoms with Crippen LogP contribution >= 0.6 is 0 Å². The summed E-state index contributed by atoms with van der Waals surface area (Å²) in [5, 5.41) is 12.2. The van der Waals surface area contributed by atoms with Gasteiger partial charge in [-0.05, 0) is 55.3 Å². The van der Waals surface area contributed by atoms with E-state index in [2.05, 4.69) is 5.32 Å². The molecule has 1 amide bonds. The molecule has 0 fully saturated rings. The van der Waals surface area contributed by atoms with E-state index < -0.39 is 5.91 Å². The van der Waals surface area contributed by atoms with Crippen molar-refractivity contribution >= 4 is 17.7 Å². The molecular formula is C26H24N2O3. The minimum Gasteiger partial charge on any atom is -0.490 e. The molecule has 0 saturated carbocycles. The van der Waals surface area contributed by atoms with Crippen molar-refractivity contribution in [2.24, 2.45) is 0 Å². The molecule has 0 spiro atoms. The fraction of sp³-hybridized carbons (Fsp3) is 0.154. The summed E-state index contributed by atoms with van der Waals surface area (Å²) in [6.45, 7) is 4.74. The average molecular weight is 412 g/mol. The van der Waals surface area contributed by atoms with Gasteiger partial charge in [0.1, 0.15) is 18.2 Å². The van der Waals surface area contributed by atoms with Gasteiger partial charge in [-0.1, -0.05) is 54.1 Å². The molecule has 3 aromatic carbocycles. The molecule has 1 N–H and O–H groups in total. The Bertz CT molecular complexity index is 1100. The molecule has 0 saturated heterocycles. The third-order valence-electron chi connectivity index (χ3n) is 4.49. The van der Waals surface area contributed by atoms with Gasteiger partial charge in [0.25, 0.3) is 5.91 Å². The molecule has 5 nitrogen and oxygen atoms in total. The number of hydrogen-bond donors (Lipinski definition) is 1. The predicted molar refractivity (Wildman–Crippen MR) is 122 cm³/mol. The van der Waals surface area contributed by atoms with Gasteiger partial charge in [0, 0.05) is 5.69 Å². The maximum atomic E-state index is 12.5. The third kappa shape index (κ3) is 6.22. The molecule has 0 aromatic heterocycles. The lowest BCUT2D eigenvalue weighted by Crippen LogP contribution is -2.13. The van der Waals surface area contributed by atoms with Crippen LogP contribution in [-0.4, -0.2) is 12.5 Å². The van der Waals surface area contributed by atoms with Crippen molar-refractivity contribution in [2.75, 3.05) is 11.9 Å². The number of nitrogens with one attached hydrogen (secondary N) is 1. The first kappa shape index (κ1) is 21.7. The summed E-state index contributed by atoms with van der Waals surface area (Å²) in [7, 11) is 0. The second kappa shape index (κ2) is 10.7. The van der Waals surface area contributed by atoms with Crippen molar-refractivity contribution < 1.29 is 14.3 Å². The third-order valence-corrected chi connectivity index (χ3v) is 4.49. The summed E-state index contributed by atoms with van der Waals surface area (Å²) in [5.41, 5.74) is 3.45. The van der Waals surface area contributed by atoms with Crippen molar-refractivity contribution in [3.05, 3.63) is 95.1 Å². The number of carbonyl (C=O) groups is 1. The van der Waals surface area contributed by atoms with Crippen LogP contribution in [-0.2, 0) is 11.4 Å². The molecule has 0 atom stereocenters. The van der Waals surface area contributed by atoms with Gasteiger partial charge in [0.2, 0.25) is 0 Å². The number of amides is 1. The molecule has 3 aromatic rings. The van der Waals surface area contributed by atoms with Gasteiger partial charge < -0.3 is 14.8 Å². The number of hydrogen-bond acceptors (Lipinski definition) is 4. The number of ether oxygens (including phenoxy) is 2. The Morgan fingerprint density at radius 1 is 1.00 bits per heavy atom. The lowest BCUT2D eigenvalue weighted by molar-refractivity contribution is -0.112. The van der Waals surface area contributed by atoms with E-state index in [1.807, 2.05) is 62.4 Å². The zero-order valence-corrected chi connectivity index (χ0v) is 17.6. The summed E-state index contributed by atoms with van der Waals surface area (Å²) in [6, 6.07) is 24.6. The SMILES string of the molecule is CCOc1cc(/C=C(/C#N)C(=O)Nc2ccc(C)cc2)ccc1OCc1ccccc1. The monoisotopic (exact) mass is 412 g/mol. The first-order valence-corrected chi connectivity index (χ1v) is 10.0. The highest BCUT2D eigenvalue weighted by Gasteiger charge is 2.12. The van der Waals surface area contributed by atoms with Gasteiger partial charge in [-0.15, -0.1) is 0 Å². The van der Waals surface area contributed by atoms with Crippen molar-refractivity contribution in [1.82, 2.24) is 0 Å². The summed E-state index contributed by atoms with van der Waals surface area (Å²) >= 11 is 0. The van der Waals surface area contributed by atoms with Gasteiger partial charge >= 0.3 is 0 Å². The van der Waals surface area contributed by atoms with Crippen LogP contribution in [0, 0.1) is 18.3 Å². The topological polar surface area (TPSA) is 71.3 Å². The predicted octanol–water partition coefficient (Wildman–Crippen LogP) is 5.52. The highest BCUT2D eigenvalue weighted by atomic mass is 16.5. The zero-order chi connectivity index (χ0) is 22.1. The summed E-state index contributed by atoms with van der Waals surface area (Å²) in [6.07, 6.45) is 1.53. The minimum absolute atomic E-state index is 0.000905. The lowest BCUT2D eigenvalue weighted by atomic mass is 10.1. The number of carbonyl (C=O) groups excluding carboxylic acids is 1. The molecule has 0 aliphatic heterocycles. The van der Waals surface area contributed by atoms with Gasteiger partial charge in [0.05, 0.1) is 6.61 Å². The second-order valence-corrected chi connectivity index (χ2v) is 6.90. The maximum Gasteiger partial charge on any atom is 0.266 e. The van der Waals surface area contributed by atoms with Crippen LogP contribution in [0.15, 0.2) is 78.4 Å². The standard InChI is InChI=1S/C26H24N2O3/c1-3-30-25-16-21(11-14-24(25)31-18-20-7-5-4-6-8-20)15-22(17-27)26(29)28-23-12-9-19(2)10-13-23/h4-16H,3,18H2,1-2H3,(H,28,29)/b22-15-. The van der Waals surface area contributed by atoms with E-state index in [4.69, 9.17) is 9.47 Å². The highest BCUT2D eigenvalue weighted by molar-refractivity contribution is 6.09. The van der Waals surface area contributed by atoms with Gasteiger partial charge in [-0.3, -0.25) is 4.79 Å². The normalized spacial score (nSPS) is 10.8. The van der Waals surface area contributed by atoms with Gasteiger partial charge in [-0.2, -0.15) is 5.26 Å². The zero-order valence-electron chi connectivity index (χ0n) is 17.6. The highest BCUT2D eigenvalue weighted by Crippen LogP contribution is 2.30. The first-order chi connectivity index (χ1) is 15.1. The Hall–Kier alpha value is -4.04. The van der Waals surface area contributed by atoms with Crippen LogP contribution in [0.2, 0.25) is 0 Å². The van der Waals surface area contributed by atoms with Crippen molar-refractivity contribution in [3.63, 3.8) is 0 Å². The van der Waals surface area contributed by atoms with Crippen LogP contribution in [0.1, 0.15) is 23.6 Å². The second-order valence-electron chi connectivity index (χ2n) is 6.90. The van der Waals surface area contributed by atoms with Crippen molar-refractivity contribution in [3.8, 4) is 17.6 Å². The van der Waals surface area contributed by atoms with Crippen LogP contribution < -0.4 is 14.8 Å². The molecule has 5 heteroatoms. The molecule has 156 valence electrons. The molecular weight excluding hydrogens is 388 g/mol. The van der Waals surface area contributed by atoms with Crippen LogP contribution in [0.25, 0.3) is 6.08 Å². The number of nitrogens with zero attached hydrogens (tertiary/aromatic N) is 1. The van der Waals surface area contributed by atoms with E-state index in [0.717, 1.165) is 11.1 Å². The van der Waals surface area contributed by atoms with E-state index in [0.29, 0.717) is 36.0 Å². The van der Waals surface area contributed by atoms with Crippen LogP contribution in [0.4, 0.5) is 5.69 Å². The minimum atomic E-state index is -0.464.